The van der Waals surface area contributed by atoms with Crippen LogP contribution in [0.5, 0.6) is 0 Å². The Kier molecular flexibility index (Phi) is 3.76. The van der Waals surface area contributed by atoms with Gasteiger partial charge in [0.15, 0.2) is 0 Å². The van der Waals surface area contributed by atoms with E-state index in [4.69, 9.17) is 0 Å². The SMILES string of the molecule is CC(C)N1C(=O)C2(CCN(S(C)(=O)=O)CC2)c2cc(F)ccc21. The Balaban J connectivity index is 2.04. The normalized spacial score (nSPS) is 21.3. The maximum absolute atomic E-state index is 13.8. The number of carbonyl (C=O) groups is 1. The quantitative estimate of drug-likeness (QED) is 0.826. The van der Waals surface area contributed by atoms with Crippen LogP contribution in [0.25, 0.3) is 0 Å². The van der Waals surface area contributed by atoms with E-state index in [1.165, 1.54) is 22.7 Å². The lowest BCUT2D eigenvalue weighted by molar-refractivity contribution is -0.124. The van der Waals surface area contributed by atoms with Crippen molar-refractivity contribution in [3.8, 4) is 0 Å². The highest BCUT2D eigenvalue weighted by Gasteiger charge is 2.53. The Morgan fingerprint density at radius 3 is 2.35 bits per heavy atom. The van der Waals surface area contributed by atoms with Crippen LogP contribution in [0.15, 0.2) is 18.2 Å². The van der Waals surface area contributed by atoms with E-state index >= 15 is 0 Å². The van der Waals surface area contributed by atoms with Gasteiger partial charge in [-0.1, -0.05) is 0 Å². The van der Waals surface area contributed by atoms with Crippen molar-refractivity contribution in [3.05, 3.63) is 29.6 Å². The van der Waals surface area contributed by atoms with Gasteiger partial charge in [-0.15, -0.1) is 0 Å². The number of anilines is 1. The predicted molar refractivity (Wildman–Crippen MR) is 86.4 cm³/mol. The van der Waals surface area contributed by atoms with Gasteiger partial charge < -0.3 is 4.90 Å². The molecule has 0 bridgehead atoms. The van der Waals surface area contributed by atoms with Crippen LogP contribution in [0.3, 0.4) is 0 Å². The van der Waals surface area contributed by atoms with E-state index in [0.29, 0.717) is 18.4 Å². The van der Waals surface area contributed by atoms with E-state index in [0.717, 1.165) is 5.69 Å². The molecule has 0 atom stereocenters. The molecule has 1 aromatic carbocycles. The lowest BCUT2D eigenvalue weighted by atomic mass is 9.74. The highest BCUT2D eigenvalue weighted by Crippen LogP contribution is 2.49. The van der Waals surface area contributed by atoms with Crippen LogP contribution in [0.1, 0.15) is 32.3 Å². The average Bonchev–Trinajstić information content (AvgIpc) is 2.68. The highest BCUT2D eigenvalue weighted by molar-refractivity contribution is 7.88. The minimum absolute atomic E-state index is 0.0287. The number of rotatable bonds is 2. The van der Waals surface area contributed by atoms with E-state index in [9.17, 15) is 17.6 Å². The molecule has 7 heteroatoms. The standard InChI is InChI=1S/C16H21FN2O3S/c1-11(2)19-14-5-4-12(17)10-13(14)16(15(19)20)6-8-18(9-7-16)23(3,21)22/h4-5,10-11H,6-9H2,1-3H3. The summed E-state index contributed by atoms with van der Waals surface area (Å²) in [4.78, 5) is 14.8. The van der Waals surface area contributed by atoms with Gasteiger partial charge in [-0.25, -0.2) is 17.1 Å². The molecule has 1 fully saturated rings. The first-order valence-corrected chi connectivity index (χ1v) is 9.60. The number of amides is 1. The molecule has 3 rings (SSSR count). The van der Waals surface area contributed by atoms with Gasteiger partial charge in [0, 0.05) is 24.8 Å². The maximum Gasteiger partial charge on any atom is 0.238 e. The summed E-state index contributed by atoms with van der Waals surface area (Å²) in [5.41, 5.74) is 0.645. The molecule has 5 nitrogen and oxygen atoms in total. The van der Waals surface area contributed by atoms with Crippen LogP contribution in [0, 0.1) is 5.82 Å². The largest absolute Gasteiger partial charge is 0.309 e. The van der Waals surface area contributed by atoms with E-state index in [1.54, 1.807) is 11.0 Å². The second-order valence-electron chi connectivity index (χ2n) is 6.67. The van der Waals surface area contributed by atoms with Crippen molar-refractivity contribution < 1.29 is 17.6 Å². The molecule has 1 spiro atoms. The van der Waals surface area contributed by atoms with E-state index in [-0.39, 0.29) is 30.9 Å². The fraction of sp³-hybridized carbons (Fsp3) is 0.562. The molecular weight excluding hydrogens is 319 g/mol. The molecule has 126 valence electrons. The minimum Gasteiger partial charge on any atom is -0.309 e. The first kappa shape index (κ1) is 16.4. The summed E-state index contributed by atoms with van der Waals surface area (Å²) in [6.07, 6.45) is 1.95. The lowest BCUT2D eigenvalue weighted by Gasteiger charge is -2.37. The highest BCUT2D eigenvalue weighted by atomic mass is 32.2. The molecule has 23 heavy (non-hydrogen) atoms. The molecule has 2 aliphatic heterocycles. The van der Waals surface area contributed by atoms with Crippen molar-refractivity contribution in [1.29, 1.82) is 0 Å². The number of hydrogen-bond acceptors (Lipinski definition) is 3. The van der Waals surface area contributed by atoms with Crippen LogP contribution < -0.4 is 4.90 Å². The average molecular weight is 340 g/mol. The van der Waals surface area contributed by atoms with Crippen molar-refractivity contribution >= 4 is 21.6 Å². The van der Waals surface area contributed by atoms with Gasteiger partial charge in [0.2, 0.25) is 15.9 Å². The fourth-order valence-electron chi connectivity index (χ4n) is 3.75. The van der Waals surface area contributed by atoms with Crippen molar-refractivity contribution in [2.75, 3.05) is 24.2 Å². The summed E-state index contributed by atoms with van der Waals surface area (Å²) in [6.45, 7) is 4.42. The Labute approximate surface area is 136 Å². The topological polar surface area (TPSA) is 57.7 Å². The summed E-state index contributed by atoms with van der Waals surface area (Å²) < 4.78 is 38.6. The third-order valence-corrected chi connectivity index (χ3v) is 6.23. The summed E-state index contributed by atoms with van der Waals surface area (Å²) in [7, 11) is -3.27. The second-order valence-corrected chi connectivity index (χ2v) is 8.66. The zero-order chi connectivity index (χ0) is 17.0. The van der Waals surface area contributed by atoms with Crippen LogP contribution in [0.2, 0.25) is 0 Å². The number of nitrogens with zero attached hydrogens (tertiary/aromatic N) is 2. The Morgan fingerprint density at radius 1 is 1.22 bits per heavy atom. The smallest absolute Gasteiger partial charge is 0.238 e. The van der Waals surface area contributed by atoms with Gasteiger partial charge in [0.05, 0.1) is 11.7 Å². The molecule has 2 heterocycles. The van der Waals surface area contributed by atoms with Crippen molar-refractivity contribution in [2.24, 2.45) is 0 Å². The van der Waals surface area contributed by atoms with Crippen LogP contribution >= 0.6 is 0 Å². The first-order valence-electron chi connectivity index (χ1n) is 7.75. The summed E-state index contributed by atoms with van der Waals surface area (Å²) in [5, 5.41) is 0. The Hall–Kier alpha value is -1.47. The molecule has 0 unspecified atom stereocenters. The van der Waals surface area contributed by atoms with Crippen LogP contribution in [0.4, 0.5) is 10.1 Å². The number of carbonyl (C=O) groups excluding carboxylic acids is 1. The van der Waals surface area contributed by atoms with Gasteiger partial charge in [-0.2, -0.15) is 0 Å². The molecule has 0 aromatic heterocycles. The molecule has 1 saturated heterocycles. The summed E-state index contributed by atoms with van der Waals surface area (Å²) in [6, 6.07) is 4.43. The molecule has 0 saturated carbocycles. The number of sulfonamides is 1. The van der Waals surface area contributed by atoms with Gasteiger partial charge in [-0.3, -0.25) is 4.79 Å². The molecule has 1 amide bonds. The Bertz CT molecular complexity index is 753. The number of halogens is 1. The van der Waals surface area contributed by atoms with Gasteiger partial charge in [0.25, 0.3) is 0 Å². The minimum atomic E-state index is -3.27. The van der Waals surface area contributed by atoms with E-state index in [1.807, 2.05) is 13.8 Å². The molecule has 2 aliphatic rings. The molecule has 0 radical (unpaired) electrons. The fourth-order valence-corrected chi connectivity index (χ4v) is 4.60. The monoisotopic (exact) mass is 340 g/mol. The summed E-state index contributed by atoms with van der Waals surface area (Å²) in [5.74, 6) is -0.409. The second kappa shape index (κ2) is 5.27. The van der Waals surface area contributed by atoms with Gasteiger partial charge in [0.1, 0.15) is 5.82 Å². The van der Waals surface area contributed by atoms with E-state index < -0.39 is 15.4 Å². The Morgan fingerprint density at radius 2 is 1.83 bits per heavy atom. The van der Waals surface area contributed by atoms with E-state index in [2.05, 4.69) is 0 Å². The molecular formula is C16H21FN2O3S. The summed E-state index contributed by atoms with van der Waals surface area (Å²) >= 11 is 0. The predicted octanol–water partition coefficient (Wildman–Crippen LogP) is 1.87. The first-order chi connectivity index (χ1) is 10.7. The number of hydrogen-bond donors (Lipinski definition) is 0. The third kappa shape index (κ3) is 2.46. The lowest BCUT2D eigenvalue weighted by Crippen LogP contribution is -2.50. The van der Waals surface area contributed by atoms with Gasteiger partial charge in [-0.05, 0) is 50.5 Å². The molecule has 1 aromatic rings. The molecule has 0 aliphatic carbocycles. The number of fused-ring (bicyclic) bond motifs is 2. The van der Waals surface area contributed by atoms with Crippen molar-refractivity contribution in [1.82, 2.24) is 4.31 Å². The zero-order valence-electron chi connectivity index (χ0n) is 13.5. The van der Waals surface area contributed by atoms with Gasteiger partial charge >= 0.3 is 0 Å². The zero-order valence-corrected chi connectivity index (χ0v) is 14.4. The van der Waals surface area contributed by atoms with Crippen LogP contribution in [-0.2, 0) is 20.2 Å². The maximum atomic E-state index is 13.8. The number of piperidine rings is 1. The van der Waals surface area contributed by atoms with Crippen molar-refractivity contribution in [2.45, 2.75) is 38.1 Å². The van der Waals surface area contributed by atoms with Crippen LogP contribution in [-0.4, -0.2) is 44.0 Å². The van der Waals surface area contributed by atoms with Crippen molar-refractivity contribution in [3.63, 3.8) is 0 Å². The number of benzene rings is 1. The third-order valence-electron chi connectivity index (χ3n) is 4.92. The molecule has 0 N–H and O–H groups in total.